The minimum absolute atomic E-state index is 0.292. The number of carboxylic acid groups (broad SMARTS) is 7. The molecule has 0 rings (SSSR count). The summed E-state index contributed by atoms with van der Waals surface area (Å²) in [7, 11) is 0. The van der Waals surface area contributed by atoms with Crippen LogP contribution in [0, 0.1) is 0 Å². The van der Waals surface area contributed by atoms with Gasteiger partial charge in [-0.1, -0.05) is 48.5 Å². The van der Waals surface area contributed by atoms with E-state index in [4.69, 9.17) is 35.7 Å². The molecule has 0 bridgehead atoms. The highest BCUT2D eigenvalue weighted by Gasteiger charge is 1.90. The summed E-state index contributed by atoms with van der Waals surface area (Å²) in [6, 6.07) is 0. The van der Waals surface area contributed by atoms with Crippen molar-refractivity contribution < 1.29 is 69.3 Å². The van der Waals surface area contributed by atoms with Crippen molar-refractivity contribution in [3.8, 4) is 0 Å². The van der Waals surface area contributed by atoms with Gasteiger partial charge in [-0.3, -0.25) is 33.6 Å². The van der Waals surface area contributed by atoms with E-state index in [1.807, 2.05) is 48.5 Å². The Kier molecular flexibility index (Phi) is 79.2. The second-order valence-electron chi connectivity index (χ2n) is 8.01. The monoisotopic (exact) mass is 644 g/mol. The smallest absolute Gasteiger partial charge is 0.303 e. The fourth-order valence-electron chi connectivity index (χ4n) is 1.50. The second-order valence-corrected chi connectivity index (χ2v) is 8.01. The molecule has 0 atom stereocenters. The SMILES string of the molecule is C=C.CCCC(=O)O.CCCC(=O)O.CCCC(=O)O.CCCC(=O)O.CCCC(=O)O.CCCC(=O)O.CCCC(=O)O. The molecule has 0 spiro atoms. The first-order valence-electron chi connectivity index (χ1n) is 14.4. The Labute approximate surface area is 262 Å². The largest absolute Gasteiger partial charge is 0.481 e. The highest BCUT2D eigenvalue weighted by Crippen LogP contribution is 1.85. The Morgan fingerprint density at radius 1 is 0.295 bits per heavy atom. The highest BCUT2D eigenvalue weighted by atomic mass is 16.4. The maximum atomic E-state index is 9.60. The second kappa shape index (κ2) is 58.6. The van der Waals surface area contributed by atoms with Crippen molar-refractivity contribution in [3.63, 3.8) is 0 Å². The molecule has 0 amide bonds. The molecular formula is C30H60O14. The van der Waals surface area contributed by atoms with Crippen LogP contribution in [0.3, 0.4) is 0 Å². The van der Waals surface area contributed by atoms with Gasteiger partial charge in [0.05, 0.1) is 0 Å². The third kappa shape index (κ3) is 180. The predicted octanol–water partition coefficient (Wildman–Crippen LogP) is 6.90. The summed E-state index contributed by atoms with van der Waals surface area (Å²) in [6.45, 7) is 18.9. The van der Waals surface area contributed by atoms with Crippen LogP contribution in [0.2, 0.25) is 0 Å². The minimum atomic E-state index is -0.711. The van der Waals surface area contributed by atoms with Gasteiger partial charge in [-0.2, -0.15) is 0 Å². The molecule has 0 aliphatic heterocycles. The van der Waals surface area contributed by atoms with Crippen LogP contribution in [0.1, 0.15) is 138 Å². The maximum Gasteiger partial charge on any atom is 0.303 e. The molecule has 0 radical (unpaired) electrons. The van der Waals surface area contributed by atoms with Gasteiger partial charge in [0, 0.05) is 44.9 Å². The van der Waals surface area contributed by atoms with Gasteiger partial charge in [0.25, 0.3) is 0 Å². The number of rotatable bonds is 14. The Bertz CT molecular complexity index is 519. The van der Waals surface area contributed by atoms with Crippen LogP contribution in [0.4, 0.5) is 0 Å². The molecule has 7 N–H and O–H groups in total. The van der Waals surface area contributed by atoms with Crippen LogP contribution < -0.4 is 0 Å². The van der Waals surface area contributed by atoms with Crippen molar-refractivity contribution in [3.05, 3.63) is 13.2 Å². The molecule has 44 heavy (non-hydrogen) atoms. The molecule has 0 heterocycles. The van der Waals surface area contributed by atoms with E-state index in [-0.39, 0.29) is 0 Å². The zero-order valence-corrected chi connectivity index (χ0v) is 27.8. The molecule has 264 valence electrons. The van der Waals surface area contributed by atoms with E-state index in [1.165, 1.54) is 0 Å². The van der Waals surface area contributed by atoms with Crippen molar-refractivity contribution >= 4 is 41.8 Å². The normalized spacial score (nSPS) is 7.89. The Balaban J connectivity index is -0.0000000567. The van der Waals surface area contributed by atoms with Crippen LogP contribution >= 0.6 is 0 Å². The summed E-state index contributed by atoms with van der Waals surface area (Å²) >= 11 is 0. The van der Waals surface area contributed by atoms with Crippen molar-refractivity contribution in [2.45, 2.75) is 138 Å². The first-order valence-corrected chi connectivity index (χ1v) is 14.4. The van der Waals surface area contributed by atoms with Crippen LogP contribution in [0.5, 0.6) is 0 Å². The van der Waals surface area contributed by atoms with Gasteiger partial charge in [-0.25, -0.2) is 0 Å². The third-order valence-electron chi connectivity index (χ3n) is 3.25. The number of hydrogen-bond donors (Lipinski definition) is 7. The zero-order chi connectivity index (χ0) is 36.9. The van der Waals surface area contributed by atoms with E-state index in [9.17, 15) is 33.6 Å². The molecule has 14 nitrogen and oxygen atoms in total. The van der Waals surface area contributed by atoms with E-state index < -0.39 is 41.8 Å². The molecule has 0 fully saturated rings. The Morgan fingerprint density at radius 3 is 0.364 bits per heavy atom. The average molecular weight is 645 g/mol. The summed E-state index contributed by atoms with van der Waals surface area (Å²) in [5.41, 5.74) is 0. The van der Waals surface area contributed by atoms with Crippen molar-refractivity contribution in [2.24, 2.45) is 0 Å². The Hall–Kier alpha value is -3.97. The lowest BCUT2D eigenvalue weighted by molar-refractivity contribution is -0.138. The standard InChI is InChI=1S/7C4H8O2.C2H4/c7*1-2-3-4(5)6;1-2/h7*2-3H2,1H3,(H,5,6);1-2H2. The molecule has 14 heteroatoms. The summed E-state index contributed by atoms with van der Waals surface area (Å²) < 4.78 is 0. The number of carbonyl (C=O) groups is 7. The van der Waals surface area contributed by atoms with Crippen molar-refractivity contribution in [2.75, 3.05) is 0 Å². The Morgan fingerprint density at radius 2 is 0.364 bits per heavy atom. The molecule has 0 unspecified atom stereocenters. The maximum absolute atomic E-state index is 9.60. The van der Waals surface area contributed by atoms with Crippen molar-refractivity contribution in [1.29, 1.82) is 0 Å². The average Bonchev–Trinajstić information content (AvgIpc) is 2.87. The molecule has 0 aromatic heterocycles. The molecular weight excluding hydrogens is 584 g/mol. The summed E-state index contributed by atoms with van der Waals surface area (Å²) in [6.07, 6.45) is 7.16. The van der Waals surface area contributed by atoms with Gasteiger partial charge in [0.15, 0.2) is 0 Å². The van der Waals surface area contributed by atoms with Crippen LogP contribution in [-0.4, -0.2) is 77.5 Å². The minimum Gasteiger partial charge on any atom is -0.481 e. The van der Waals surface area contributed by atoms with Gasteiger partial charge < -0.3 is 35.7 Å². The van der Waals surface area contributed by atoms with Crippen molar-refractivity contribution in [1.82, 2.24) is 0 Å². The topological polar surface area (TPSA) is 261 Å². The fourth-order valence-corrected chi connectivity index (χ4v) is 1.50. The van der Waals surface area contributed by atoms with E-state index in [2.05, 4.69) is 13.2 Å². The van der Waals surface area contributed by atoms with E-state index in [1.54, 1.807) is 0 Å². The summed E-state index contributed by atoms with van der Waals surface area (Å²) in [4.78, 5) is 67.2. The lowest BCUT2D eigenvalue weighted by Crippen LogP contribution is -1.90. The zero-order valence-electron chi connectivity index (χ0n) is 27.8. The lowest BCUT2D eigenvalue weighted by atomic mass is 10.4. The first kappa shape index (κ1) is 59.4. The van der Waals surface area contributed by atoms with Crippen LogP contribution in [0.25, 0.3) is 0 Å². The number of carboxylic acids is 7. The quantitative estimate of drug-likeness (QED) is 0.0948. The lowest BCUT2D eigenvalue weighted by Gasteiger charge is -1.79. The van der Waals surface area contributed by atoms with Crippen LogP contribution in [-0.2, 0) is 33.6 Å². The predicted molar refractivity (Wildman–Crippen MR) is 169 cm³/mol. The van der Waals surface area contributed by atoms with Crippen LogP contribution in [0.15, 0.2) is 13.2 Å². The molecule has 0 saturated heterocycles. The number of hydrogen-bond acceptors (Lipinski definition) is 7. The van der Waals surface area contributed by atoms with E-state index in [0.29, 0.717) is 44.9 Å². The van der Waals surface area contributed by atoms with E-state index in [0.717, 1.165) is 44.9 Å². The molecule has 0 aliphatic rings. The molecule has 0 saturated carbocycles. The van der Waals surface area contributed by atoms with Gasteiger partial charge in [0.1, 0.15) is 0 Å². The molecule has 0 aliphatic carbocycles. The fraction of sp³-hybridized carbons (Fsp3) is 0.700. The summed E-state index contributed by atoms with van der Waals surface area (Å²) in [5.74, 6) is -4.97. The van der Waals surface area contributed by atoms with Gasteiger partial charge in [-0.15, -0.1) is 13.2 Å². The first-order chi connectivity index (χ1) is 20.4. The third-order valence-corrected chi connectivity index (χ3v) is 3.25. The summed E-state index contributed by atoms with van der Waals surface area (Å²) in [5, 5.41) is 55.4. The van der Waals surface area contributed by atoms with Gasteiger partial charge in [0.2, 0.25) is 0 Å². The van der Waals surface area contributed by atoms with Gasteiger partial charge >= 0.3 is 41.8 Å². The molecule has 0 aromatic carbocycles. The highest BCUT2D eigenvalue weighted by molar-refractivity contribution is 5.68. The van der Waals surface area contributed by atoms with Gasteiger partial charge in [-0.05, 0) is 44.9 Å². The number of aliphatic carboxylic acids is 7. The molecule has 0 aromatic rings. The van der Waals surface area contributed by atoms with E-state index >= 15 is 0 Å².